The van der Waals surface area contributed by atoms with Crippen molar-refractivity contribution in [3.8, 4) is 0 Å². The predicted molar refractivity (Wildman–Crippen MR) is 98.7 cm³/mol. The van der Waals surface area contributed by atoms with E-state index in [2.05, 4.69) is 31.0 Å². The first-order valence-corrected chi connectivity index (χ1v) is 9.01. The van der Waals surface area contributed by atoms with Crippen LogP contribution in [0.2, 0.25) is 0 Å². The van der Waals surface area contributed by atoms with Crippen molar-refractivity contribution < 1.29 is 15.0 Å². The largest absolute Gasteiger partial charge is 0.388 e. The van der Waals surface area contributed by atoms with Crippen LogP contribution in [-0.2, 0) is 11.2 Å². The average molecular weight is 344 g/mol. The van der Waals surface area contributed by atoms with E-state index in [9.17, 15) is 15.0 Å². The zero-order chi connectivity index (χ0) is 18.4. The van der Waals surface area contributed by atoms with Crippen LogP contribution in [0.3, 0.4) is 0 Å². The monoisotopic (exact) mass is 344 g/mol. The first-order valence-electron chi connectivity index (χ1n) is 9.01. The Morgan fingerprint density at radius 2 is 2.08 bits per heavy atom. The highest BCUT2D eigenvalue weighted by atomic mass is 16.3. The van der Waals surface area contributed by atoms with Crippen molar-refractivity contribution >= 4 is 16.8 Å². The standard InChI is InChI=1S/C20H28N2O3/c1-5-20(25)6-7-22(11-17(20)23)18(24)10-15-14(4)21-19-13(3)8-12(2)9-16(15)19/h8-9,17,21,23,25H,5-7,10-11H2,1-4H3/t17-,20-/m1/s1. The maximum Gasteiger partial charge on any atom is 0.227 e. The number of hydrogen-bond acceptors (Lipinski definition) is 3. The van der Waals surface area contributed by atoms with Crippen molar-refractivity contribution in [1.29, 1.82) is 0 Å². The van der Waals surface area contributed by atoms with E-state index in [1.807, 2.05) is 13.8 Å². The molecule has 0 bridgehead atoms. The first kappa shape index (κ1) is 18.0. The number of carbonyl (C=O) groups excluding carboxylic acids is 1. The Balaban J connectivity index is 1.83. The van der Waals surface area contributed by atoms with Crippen molar-refractivity contribution in [3.05, 3.63) is 34.5 Å². The Bertz CT molecular complexity index is 811. The van der Waals surface area contributed by atoms with E-state index in [0.29, 0.717) is 25.8 Å². The summed E-state index contributed by atoms with van der Waals surface area (Å²) in [6.45, 7) is 8.68. The van der Waals surface area contributed by atoms with E-state index in [4.69, 9.17) is 0 Å². The number of aromatic nitrogens is 1. The van der Waals surface area contributed by atoms with E-state index in [0.717, 1.165) is 22.2 Å². The lowest BCUT2D eigenvalue weighted by Crippen LogP contribution is -2.56. The van der Waals surface area contributed by atoms with Crippen LogP contribution in [0.5, 0.6) is 0 Å². The van der Waals surface area contributed by atoms with Gasteiger partial charge in [-0.1, -0.05) is 18.6 Å². The molecule has 1 aliphatic heterocycles. The minimum atomic E-state index is -1.07. The molecule has 1 aliphatic rings. The van der Waals surface area contributed by atoms with Gasteiger partial charge in [0.15, 0.2) is 0 Å². The number of fused-ring (bicyclic) bond motifs is 1. The number of β-amino-alcohol motifs (C(OH)–C–C–N with tert-alkyl or cyclic N) is 1. The van der Waals surface area contributed by atoms with Gasteiger partial charge in [0.05, 0.1) is 12.0 Å². The molecule has 5 nitrogen and oxygen atoms in total. The molecule has 3 N–H and O–H groups in total. The molecular formula is C20H28N2O3. The number of nitrogens with zero attached hydrogens (tertiary/aromatic N) is 1. The summed E-state index contributed by atoms with van der Waals surface area (Å²) in [4.78, 5) is 17.9. The Labute approximate surface area is 148 Å². The third kappa shape index (κ3) is 3.18. The zero-order valence-corrected chi connectivity index (χ0v) is 15.5. The van der Waals surface area contributed by atoms with Crippen molar-refractivity contribution in [2.24, 2.45) is 0 Å². The maximum absolute atomic E-state index is 12.8. The molecule has 0 unspecified atom stereocenters. The number of rotatable bonds is 3. The van der Waals surface area contributed by atoms with Gasteiger partial charge in [-0.15, -0.1) is 0 Å². The van der Waals surface area contributed by atoms with Gasteiger partial charge in [-0.25, -0.2) is 0 Å². The molecular weight excluding hydrogens is 316 g/mol. The van der Waals surface area contributed by atoms with Gasteiger partial charge in [0.25, 0.3) is 0 Å². The fraction of sp³-hybridized carbons (Fsp3) is 0.550. The molecule has 2 aromatic rings. The summed E-state index contributed by atoms with van der Waals surface area (Å²) in [6, 6.07) is 4.26. The van der Waals surface area contributed by atoms with E-state index in [-0.39, 0.29) is 12.5 Å². The minimum absolute atomic E-state index is 0.000335. The molecule has 0 spiro atoms. The van der Waals surface area contributed by atoms with Gasteiger partial charge in [0.1, 0.15) is 6.10 Å². The van der Waals surface area contributed by atoms with E-state index >= 15 is 0 Å². The predicted octanol–water partition coefficient (Wildman–Crippen LogP) is 2.37. The highest BCUT2D eigenvalue weighted by Gasteiger charge is 2.40. The SMILES string of the molecule is CC[C@@]1(O)CCN(C(=O)Cc2c(C)[nH]c3c(C)cc(C)cc23)C[C@H]1O. The fourth-order valence-electron chi connectivity index (χ4n) is 3.93. The van der Waals surface area contributed by atoms with Crippen molar-refractivity contribution in [2.75, 3.05) is 13.1 Å². The van der Waals surface area contributed by atoms with Crippen molar-refractivity contribution in [2.45, 2.75) is 58.7 Å². The number of nitrogens with one attached hydrogen (secondary N) is 1. The molecule has 0 radical (unpaired) electrons. The molecule has 1 aromatic heterocycles. The molecule has 25 heavy (non-hydrogen) atoms. The molecule has 2 atom stereocenters. The molecule has 136 valence electrons. The molecule has 1 saturated heterocycles. The molecule has 1 aromatic carbocycles. The van der Waals surface area contributed by atoms with Crippen LogP contribution >= 0.6 is 0 Å². The number of hydrogen-bond donors (Lipinski definition) is 3. The number of benzene rings is 1. The molecule has 1 fully saturated rings. The molecule has 1 amide bonds. The lowest BCUT2D eigenvalue weighted by atomic mass is 9.86. The summed E-state index contributed by atoms with van der Waals surface area (Å²) < 4.78 is 0. The third-order valence-corrected chi connectivity index (χ3v) is 5.69. The van der Waals surface area contributed by atoms with Gasteiger partial charge in [-0.2, -0.15) is 0 Å². The second-order valence-corrected chi connectivity index (χ2v) is 7.47. The molecule has 2 heterocycles. The number of likely N-dealkylation sites (tertiary alicyclic amines) is 1. The van der Waals surface area contributed by atoms with Crippen molar-refractivity contribution in [1.82, 2.24) is 9.88 Å². The summed E-state index contributed by atoms with van der Waals surface area (Å²) in [5.41, 5.74) is 4.42. The number of aliphatic hydroxyl groups excluding tert-OH is 1. The van der Waals surface area contributed by atoms with Gasteiger partial charge in [0, 0.05) is 29.7 Å². The lowest BCUT2D eigenvalue weighted by molar-refractivity contribution is -0.149. The molecule has 0 aliphatic carbocycles. The van der Waals surface area contributed by atoms with Crippen LogP contribution in [0.15, 0.2) is 12.1 Å². The average Bonchev–Trinajstić information content (AvgIpc) is 2.87. The Morgan fingerprint density at radius 3 is 2.72 bits per heavy atom. The normalized spacial score (nSPS) is 24.1. The summed E-state index contributed by atoms with van der Waals surface area (Å²) in [5, 5.41) is 21.7. The second-order valence-electron chi connectivity index (χ2n) is 7.47. The summed E-state index contributed by atoms with van der Waals surface area (Å²) in [6.07, 6.45) is 0.341. The number of carbonyl (C=O) groups is 1. The summed E-state index contributed by atoms with van der Waals surface area (Å²) in [7, 11) is 0. The molecule has 5 heteroatoms. The fourth-order valence-corrected chi connectivity index (χ4v) is 3.93. The van der Waals surface area contributed by atoms with Crippen molar-refractivity contribution in [3.63, 3.8) is 0 Å². The third-order valence-electron chi connectivity index (χ3n) is 5.69. The van der Waals surface area contributed by atoms with Crippen LogP contribution in [0.25, 0.3) is 10.9 Å². The van der Waals surface area contributed by atoms with Gasteiger partial charge in [0.2, 0.25) is 5.91 Å². The van der Waals surface area contributed by atoms with Gasteiger partial charge >= 0.3 is 0 Å². The quantitative estimate of drug-likeness (QED) is 0.800. The highest BCUT2D eigenvalue weighted by molar-refractivity contribution is 5.92. The Hall–Kier alpha value is -1.85. The van der Waals surface area contributed by atoms with Gasteiger partial charge in [-0.3, -0.25) is 4.79 Å². The van der Waals surface area contributed by atoms with Crippen LogP contribution in [0, 0.1) is 20.8 Å². The molecule has 0 saturated carbocycles. The number of amides is 1. The second kappa shape index (κ2) is 6.46. The lowest BCUT2D eigenvalue weighted by Gasteiger charge is -2.41. The van der Waals surface area contributed by atoms with Crippen LogP contribution < -0.4 is 0 Å². The maximum atomic E-state index is 12.8. The van der Waals surface area contributed by atoms with E-state index in [1.165, 1.54) is 11.1 Å². The minimum Gasteiger partial charge on any atom is -0.388 e. The number of aliphatic hydroxyl groups is 2. The Morgan fingerprint density at radius 1 is 1.36 bits per heavy atom. The van der Waals surface area contributed by atoms with Gasteiger partial charge in [-0.05, 0) is 50.8 Å². The van der Waals surface area contributed by atoms with Gasteiger partial charge < -0.3 is 20.1 Å². The first-order chi connectivity index (χ1) is 11.7. The number of H-pyrrole nitrogens is 1. The number of piperidine rings is 1. The van der Waals surface area contributed by atoms with E-state index in [1.54, 1.807) is 4.90 Å². The summed E-state index contributed by atoms with van der Waals surface area (Å²) in [5.74, 6) is 0.000335. The number of aryl methyl sites for hydroxylation is 3. The number of aromatic amines is 1. The zero-order valence-electron chi connectivity index (χ0n) is 15.5. The van der Waals surface area contributed by atoms with Crippen LogP contribution in [-0.4, -0.2) is 50.8 Å². The van der Waals surface area contributed by atoms with Crippen LogP contribution in [0.4, 0.5) is 0 Å². The molecule has 3 rings (SSSR count). The topological polar surface area (TPSA) is 76.6 Å². The van der Waals surface area contributed by atoms with E-state index < -0.39 is 11.7 Å². The smallest absolute Gasteiger partial charge is 0.227 e. The summed E-state index contributed by atoms with van der Waals surface area (Å²) >= 11 is 0. The Kier molecular flexibility index (Phi) is 4.64. The highest BCUT2D eigenvalue weighted by Crippen LogP contribution is 2.29. The van der Waals surface area contributed by atoms with Crippen LogP contribution in [0.1, 0.15) is 42.1 Å².